The van der Waals surface area contributed by atoms with E-state index in [1.165, 1.54) is 12.1 Å². The van der Waals surface area contributed by atoms with Gasteiger partial charge in [-0.25, -0.2) is 0 Å². The molecule has 0 aliphatic carbocycles. The van der Waals surface area contributed by atoms with Gasteiger partial charge in [0.2, 0.25) is 35.4 Å². The monoisotopic (exact) mass is 661 g/mol. The Labute approximate surface area is 278 Å². The SMILES string of the molecule is CC(C)C[C@@H]1NC(=O)[C@H](CO)NC(=O)[C@@H]2CCCN2C(Cc2ccccc2)c2nnc(o2)CNC(=O)C(Cc2ccc(O)cc2)NC1=O. The summed E-state index contributed by atoms with van der Waals surface area (Å²) in [5.74, 6) is -1.83. The maximum Gasteiger partial charge on any atom is 0.245 e. The first-order valence-corrected chi connectivity index (χ1v) is 16.3. The fourth-order valence-electron chi connectivity index (χ4n) is 6.17. The molecule has 2 bridgehead atoms. The van der Waals surface area contributed by atoms with Gasteiger partial charge >= 0.3 is 0 Å². The number of fused-ring (bicyclic) bond motifs is 3. The third-order valence-electron chi connectivity index (χ3n) is 8.62. The van der Waals surface area contributed by atoms with Crippen molar-refractivity contribution in [1.29, 1.82) is 0 Å². The van der Waals surface area contributed by atoms with Crippen LogP contribution in [0.2, 0.25) is 0 Å². The molecule has 14 heteroatoms. The van der Waals surface area contributed by atoms with Crippen LogP contribution < -0.4 is 21.3 Å². The number of phenols is 1. The lowest BCUT2D eigenvalue weighted by molar-refractivity contribution is -0.135. The van der Waals surface area contributed by atoms with Crippen LogP contribution in [0.4, 0.5) is 0 Å². The van der Waals surface area contributed by atoms with E-state index in [4.69, 9.17) is 4.42 Å². The molecule has 0 saturated carbocycles. The Hall–Kier alpha value is -4.82. The third kappa shape index (κ3) is 8.75. The quantitative estimate of drug-likeness (QED) is 0.211. The van der Waals surface area contributed by atoms with Crippen LogP contribution in [0.5, 0.6) is 5.75 Å². The van der Waals surface area contributed by atoms with Crippen molar-refractivity contribution in [2.24, 2.45) is 5.92 Å². The Morgan fingerprint density at radius 2 is 1.50 bits per heavy atom. The molecule has 4 amide bonds. The number of carbonyl (C=O) groups is 4. The molecule has 2 unspecified atom stereocenters. The number of hydrogen-bond acceptors (Lipinski definition) is 10. The van der Waals surface area contributed by atoms with Gasteiger partial charge in [0.1, 0.15) is 23.9 Å². The first-order chi connectivity index (χ1) is 23.1. The normalized spacial score (nSPS) is 24.5. The van der Waals surface area contributed by atoms with Crippen molar-refractivity contribution < 1.29 is 33.8 Å². The minimum absolute atomic E-state index is 0.0224. The zero-order valence-electron chi connectivity index (χ0n) is 27.1. The van der Waals surface area contributed by atoms with Crippen molar-refractivity contribution in [3.8, 4) is 5.75 Å². The van der Waals surface area contributed by atoms with Crippen molar-refractivity contribution in [2.75, 3.05) is 13.2 Å². The highest BCUT2D eigenvalue weighted by Gasteiger charge is 2.40. The number of nitrogens with one attached hydrogen (secondary N) is 4. The highest BCUT2D eigenvalue weighted by atomic mass is 16.4. The molecule has 0 radical (unpaired) electrons. The van der Waals surface area contributed by atoms with Crippen molar-refractivity contribution >= 4 is 23.6 Å². The smallest absolute Gasteiger partial charge is 0.245 e. The summed E-state index contributed by atoms with van der Waals surface area (Å²) in [7, 11) is 0. The van der Waals surface area contributed by atoms with Gasteiger partial charge in [-0.15, -0.1) is 10.2 Å². The first kappa shape index (κ1) is 34.5. The molecule has 1 aromatic heterocycles. The van der Waals surface area contributed by atoms with Crippen LogP contribution >= 0.6 is 0 Å². The van der Waals surface area contributed by atoms with Gasteiger partial charge in [-0.05, 0) is 61.4 Å². The van der Waals surface area contributed by atoms with Crippen LogP contribution in [0, 0.1) is 5.92 Å². The van der Waals surface area contributed by atoms with E-state index in [9.17, 15) is 29.4 Å². The lowest BCUT2D eigenvalue weighted by Gasteiger charge is -2.31. The predicted molar refractivity (Wildman–Crippen MR) is 173 cm³/mol. The minimum Gasteiger partial charge on any atom is -0.508 e. The molecule has 1 fully saturated rings. The molecule has 48 heavy (non-hydrogen) atoms. The number of benzene rings is 2. The lowest BCUT2D eigenvalue weighted by atomic mass is 10.0. The second-order valence-electron chi connectivity index (χ2n) is 12.7. The van der Waals surface area contributed by atoms with E-state index in [1.54, 1.807) is 12.1 Å². The van der Waals surface area contributed by atoms with Crippen LogP contribution in [0.3, 0.4) is 0 Å². The summed E-state index contributed by atoms with van der Waals surface area (Å²) < 4.78 is 6.08. The van der Waals surface area contributed by atoms with Gasteiger partial charge in [0.25, 0.3) is 0 Å². The van der Waals surface area contributed by atoms with Crippen LogP contribution in [-0.2, 0) is 38.6 Å². The van der Waals surface area contributed by atoms with Gasteiger partial charge < -0.3 is 35.9 Å². The highest BCUT2D eigenvalue weighted by molar-refractivity contribution is 5.95. The van der Waals surface area contributed by atoms with Crippen LogP contribution in [0.15, 0.2) is 59.0 Å². The van der Waals surface area contributed by atoms with Gasteiger partial charge in [-0.3, -0.25) is 24.1 Å². The maximum absolute atomic E-state index is 13.7. The zero-order chi connectivity index (χ0) is 34.2. The van der Waals surface area contributed by atoms with E-state index in [1.807, 2.05) is 49.1 Å². The predicted octanol–water partition coefficient (Wildman–Crippen LogP) is 0.889. The molecule has 2 aromatic carbocycles. The zero-order valence-corrected chi connectivity index (χ0v) is 27.1. The van der Waals surface area contributed by atoms with Crippen LogP contribution in [0.25, 0.3) is 0 Å². The number of aromatic hydroxyl groups is 1. The van der Waals surface area contributed by atoms with Gasteiger partial charge in [0.05, 0.1) is 25.2 Å². The second-order valence-corrected chi connectivity index (χ2v) is 12.7. The molecule has 1 saturated heterocycles. The minimum atomic E-state index is -1.32. The summed E-state index contributed by atoms with van der Waals surface area (Å²) in [5, 5.41) is 39.4. The van der Waals surface area contributed by atoms with E-state index in [2.05, 4.69) is 31.5 Å². The van der Waals surface area contributed by atoms with Crippen molar-refractivity contribution in [3.63, 3.8) is 0 Å². The summed E-state index contributed by atoms with van der Waals surface area (Å²) in [6.07, 6.45) is 1.99. The maximum atomic E-state index is 13.7. The van der Waals surface area contributed by atoms with Gasteiger partial charge in [-0.2, -0.15) is 0 Å². The van der Waals surface area contributed by atoms with Crippen molar-refractivity contribution in [2.45, 2.75) is 82.7 Å². The molecule has 5 rings (SSSR count). The Bertz CT molecular complexity index is 1560. The Balaban J connectivity index is 1.49. The molecule has 2 aliphatic heterocycles. The average Bonchev–Trinajstić information content (AvgIpc) is 3.75. The van der Waals surface area contributed by atoms with E-state index < -0.39 is 60.4 Å². The fourth-order valence-corrected chi connectivity index (χ4v) is 6.17. The highest BCUT2D eigenvalue weighted by Crippen LogP contribution is 2.32. The van der Waals surface area contributed by atoms with Crippen molar-refractivity contribution in [3.05, 3.63) is 77.5 Å². The fraction of sp³-hybridized carbons (Fsp3) is 0.471. The topological polar surface area (TPSA) is 199 Å². The Morgan fingerprint density at radius 1 is 0.833 bits per heavy atom. The number of amides is 4. The number of aliphatic hydroxyl groups excluding tert-OH is 1. The van der Waals surface area contributed by atoms with E-state index in [-0.39, 0.29) is 42.8 Å². The number of aliphatic hydroxyl groups is 1. The molecule has 3 heterocycles. The second kappa shape index (κ2) is 15.8. The van der Waals surface area contributed by atoms with Gasteiger partial charge in [0, 0.05) is 6.42 Å². The number of aromatic nitrogens is 2. The summed E-state index contributed by atoms with van der Waals surface area (Å²) in [6, 6.07) is 11.4. The molecule has 3 aromatic rings. The summed E-state index contributed by atoms with van der Waals surface area (Å²) in [4.78, 5) is 56.4. The molecule has 2 aliphatic rings. The molecule has 256 valence electrons. The number of carbonyl (C=O) groups excluding carboxylic acids is 4. The number of nitrogens with zero attached hydrogens (tertiary/aromatic N) is 3. The van der Waals surface area contributed by atoms with Crippen LogP contribution in [-0.4, -0.2) is 86.3 Å². The van der Waals surface area contributed by atoms with E-state index in [0.717, 1.165) is 5.56 Å². The van der Waals surface area contributed by atoms with Gasteiger partial charge in [-0.1, -0.05) is 56.3 Å². The first-order valence-electron chi connectivity index (χ1n) is 16.3. The summed E-state index contributed by atoms with van der Waals surface area (Å²) in [6.45, 7) is 3.52. The van der Waals surface area contributed by atoms with E-state index >= 15 is 0 Å². The van der Waals surface area contributed by atoms with E-state index in [0.29, 0.717) is 31.4 Å². The Morgan fingerprint density at radius 3 is 2.21 bits per heavy atom. The molecular weight excluding hydrogens is 618 g/mol. The molecule has 6 N–H and O–H groups in total. The average molecular weight is 662 g/mol. The number of phenolic OH excluding ortho intramolecular Hbond substituents is 1. The summed E-state index contributed by atoms with van der Waals surface area (Å²) in [5.41, 5.74) is 1.66. The number of hydrogen-bond donors (Lipinski definition) is 6. The number of rotatable bonds is 7. The van der Waals surface area contributed by atoms with Crippen molar-refractivity contribution in [1.82, 2.24) is 36.4 Å². The largest absolute Gasteiger partial charge is 0.508 e. The third-order valence-corrected chi connectivity index (χ3v) is 8.62. The molecule has 5 atom stereocenters. The Kier molecular flexibility index (Phi) is 11.4. The molecular formula is C34H43N7O7. The molecule has 14 nitrogen and oxygen atoms in total. The van der Waals surface area contributed by atoms with Crippen LogP contribution in [0.1, 0.15) is 62.1 Å². The standard InChI is InChI=1S/C34H43N7O7/c1-20(2)15-24-31(45)37-25(16-22-10-12-23(43)13-11-22)30(44)35-18-29-39-40-34(48-29)28(17-21-7-4-3-5-8-21)41-14-6-9-27(41)33(47)38-26(19-42)32(46)36-24/h3-5,7-8,10-13,20,24-28,42-43H,6,9,14-19H2,1-2H3,(H,35,44)(H,36,46)(H,37,45)(H,38,47)/t24-,25?,26-,27-,28?/m0/s1. The van der Waals surface area contributed by atoms with Gasteiger partial charge in [0.15, 0.2) is 0 Å². The summed E-state index contributed by atoms with van der Waals surface area (Å²) >= 11 is 0. The molecule has 0 spiro atoms. The lowest BCUT2D eigenvalue weighted by Crippen LogP contribution is -2.59.